The highest BCUT2D eigenvalue weighted by atomic mass is 16.5. The number of nitrogens with zero attached hydrogens (tertiary/aromatic N) is 2. The molecule has 2 aliphatic heterocycles. The van der Waals surface area contributed by atoms with Gasteiger partial charge in [-0.1, -0.05) is 38.5 Å². The normalized spacial score (nSPS) is 25.2. The van der Waals surface area contributed by atoms with Crippen LogP contribution in [0.2, 0.25) is 0 Å². The average Bonchev–Trinajstić information content (AvgIpc) is 3.15. The SMILES string of the molecule is CC1(C)[C@H]2CCCC(C2)OCCCC(=O)Nc2cccc(n2)NC(=O)c2cccc(c2)C(=O)Nc2cccc(n2)NC(=O)CCCO[C@H]2CC[C@@H]1CC2. The molecule has 0 radical (unpaired) electrons. The molecule has 4 N–H and O–H groups in total. The Morgan fingerprint density at radius 3 is 1.60 bits per heavy atom. The van der Waals surface area contributed by atoms with E-state index >= 15 is 0 Å². The van der Waals surface area contributed by atoms with E-state index in [1.807, 2.05) is 0 Å². The minimum atomic E-state index is -0.469. The summed E-state index contributed by atoms with van der Waals surface area (Å²) in [6, 6.07) is 16.2. The summed E-state index contributed by atoms with van der Waals surface area (Å²) in [6.07, 6.45) is 11.1. The van der Waals surface area contributed by atoms with Crippen molar-refractivity contribution >= 4 is 46.9 Å². The van der Waals surface area contributed by atoms with Crippen molar-refractivity contribution in [1.82, 2.24) is 9.97 Å². The number of rotatable bonds is 0. The number of fused-ring (bicyclic) bond motifs is 14. The second-order valence-electron chi connectivity index (χ2n) is 15.1. The van der Waals surface area contributed by atoms with Crippen LogP contribution >= 0.6 is 0 Å². The molecule has 2 aromatic heterocycles. The van der Waals surface area contributed by atoms with Crippen LogP contribution in [0.25, 0.3) is 0 Å². The Kier molecular flexibility index (Phi) is 12.9. The molecule has 1 unspecified atom stereocenters. The van der Waals surface area contributed by atoms with E-state index in [1.165, 1.54) is 12.5 Å². The van der Waals surface area contributed by atoms with E-state index in [0.717, 1.165) is 44.9 Å². The Bertz CT molecular complexity index is 1760. The second-order valence-corrected chi connectivity index (χ2v) is 15.1. The van der Waals surface area contributed by atoms with Crippen molar-refractivity contribution in [2.24, 2.45) is 17.3 Å². The Labute approximate surface area is 311 Å². The number of aromatic nitrogens is 2. The number of amides is 4. The highest BCUT2D eigenvalue weighted by Crippen LogP contribution is 2.49. The van der Waals surface area contributed by atoms with Gasteiger partial charge in [-0.25, -0.2) is 9.97 Å². The highest BCUT2D eigenvalue weighted by Gasteiger charge is 2.41. The molecule has 282 valence electrons. The summed E-state index contributed by atoms with van der Waals surface area (Å²) in [7, 11) is 0. The third-order valence-corrected chi connectivity index (χ3v) is 11.1. The van der Waals surface area contributed by atoms with Gasteiger partial charge in [0.05, 0.1) is 12.2 Å². The quantitative estimate of drug-likeness (QED) is 0.184. The van der Waals surface area contributed by atoms with Crippen molar-refractivity contribution in [2.75, 3.05) is 34.5 Å². The molecule has 4 heterocycles. The molecule has 12 heteroatoms. The number of hydrogen-bond donors (Lipinski definition) is 4. The Hall–Kier alpha value is -4.68. The summed E-state index contributed by atoms with van der Waals surface area (Å²) in [5, 5.41) is 11.1. The fraction of sp³-hybridized carbons (Fsp3) is 0.512. The Morgan fingerprint density at radius 1 is 0.566 bits per heavy atom. The van der Waals surface area contributed by atoms with Gasteiger partial charge in [0.1, 0.15) is 23.3 Å². The first kappa shape index (κ1) is 38.1. The van der Waals surface area contributed by atoms with E-state index in [2.05, 4.69) is 45.1 Å². The van der Waals surface area contributed by atoms with Crippen LogP contribution in [0.4, 0.5) is 23.3 Å². The van der Waals surface area contributed by atoms with Crippen LogP contribution in [0.15, 0.2) is 60.7 Å². The molecule has 4 amide bonds. The standard InChI is InChI=1S/C41H52N6O6/c1-41(2)29-19-21-31(22-20-29)52-23-7-17-37(48)44-33-13-5-15-35(42-33)46-39(50)27-9-3-10-28(25-27)40(51)47-36-16-6-14-34(43-36)45-38(49)18-8-24-53-32-12-4-11-30(41)26-32/h3,5-6,9-10,13-16,25,29-32H,4,7-8,11-12,17-24,26H2,1-2H3,(H2,42,44,46,48,50)(H2,43,45,47,49,51)/t29-,30-,31+,32?/m0/s1. The molecule has 0 saturated heterocycles. The lowest BCUT2D eigenvalue weighted by molar-refractivity contribution is -0.117. The van der Waals surface area contributed by atoms with Gasteiger partial charge < -0.3 is 30.7 Å². The first-order valence-electron chi connectivity index (χ1n) is 19.1. The summed E-state index contributed by atoms with van der Waals surface area (Å²) in [4.78, 5) is 60.5. The van der Waals surface area contributed by atoms with Gasteiger partial charge in [0, 0.05) is 37.2 Å². The van der Waals surface area contributed by atoms with Crippen molar-refractivity contribution in [2.45, 2.75) is 103 Å². The molecule has 2 fully saturated rings. The lowest BCUT2D eigenvalue weighted by Gasteiger charge is -2.47. The number of nitrogens with one attached hydrogen (secondary N) is 4. The fourth-order valence-electron chi connectivity index (χ4n) is 7.98. The fourth-order valence-corrected chi connectivity index (χ4v) is 7.98. The molecule has 7 rings (SSSR count). The second kappa shape index (κ2) is 17.9. The molecular weight excluding hydrogens is 672 g/mol. The predicted molar refractivity (Wildman–Crippen MR) is 204 cm³/mol. The van der Waals surface area contributed by atoms with E-state index in [4.69, 9.17) is 9.47 Å². The van der Waals surface area contributed by atoms with E-state index in [-0.39, 0.29) is 52.2 Å². The Morgan fingerprint density at radius 2 is 1.06 bits per heavy atom. The van der Waals surface area contributed by atoms with Gasteiger partial charge in [-0.2, -0.15) is 0 Å². The number of hydrogen-bond acceptors (Lipinski definition) is 8. The van der Waals surface area contributed by atoms with Gasteiger partial charge in [0.2, 0.25) is 11.8 Å². The number of ether oxygens (including phenoxy) is 2. The van der Waals surface area contributed by atoms with E-state index in [1.54, 1.807) is 54.6 Å². The predicted octanol–water partition coefficient (Wildman–Crippen LogP) is 7.61. The zero-order chi connectivity index (χ0) is 37.2. The molecule has 3 aromatic rings. The van der Waals surface area contributed by atoms with Crippen LogP contribution in [-0.4, -0.2) is 59.0 Å². The van der Waals surface area contributed by atoms with E-state index in [9.17, 15) is 19.2 Å². The maximum absolute atomic E-state index is 13.1. The largest absolute Gasteiger partial charge is 0.378 e. The molecule has 1 aromatic carbocycles. The summed E-state index contributed by atoms with van der Waals surface area (Å²) in [6.45, 7) is 5.93. The first-order valence-corrected chi connectivity index (χ1v) is 19.1. The molecule has 53 heavy (non-hydrogen) atoms. The monoisotopic (exact) mass is 724 g/mol. The van der Waals surface area contributed by atoms with Crippen molar-refractivity contribution in [3.05, 3.63) is 71.8 Å². The number of carbonyl (C=O) groups excluding carboxylic acids is 4. The molecule has 2 atom stereocenters. The van der Waals surface area contributed by atoms with Crippen LogP contribution in [0, 0.1) is 17.3 Å². The van der Waals surface area contributed by atoms with Crippen LogP contribution in [0.1, 0.15) is 112 Å². The zero-order valence-corrected chi connectivity index (χ0v) is 30.8. The van der Waals surface area contributed by atoms with Crippen LogP contribution in [0.5, 0.6) is 0 Å². The number of anilines is 4. The number of carbonyl (C=O) groups is 4. The minimum absolute atomic E-state index is 0.172. The Balaban J connectivity index is 1.12. The van der Waals surface area contributed by atoms with Gasteiger partial charge in [-0.3, -0.25) is 19.2 Å². The molecule has 2 saturated carbocycles. The lowest BCUT2D eigenvalue weighted by atomic mass is 9.60. The summed E-state index contributed by atoms with van der Waals surface area (Å²) >= 11 is 0. The molecule has 0 spiro atoms. The van der Waals surface area contributed by atoms with Crippen molar-refractivity contribution in [3.8, 4) is 0 Å². The lowest BCUT2D eigenvalue weighted by Crippen LogP contribution is -2.40. The van der Waals surface area contributed by atoms with Crippen molar-refractivity contribution < 1.29 is 28.7 Å². The van der Waals surface area contributed by atoms with Crippen LogP contribution < -0.4 is 21.3 Å². The number of benzene rings is 1. The van der Waals surface area contributed by atoms with E-state index in [0.29, 0.717) is 62.4 Å². The maximum Gasteiger partial charge on any atom is 0.256 e. The molecule has 10 bridgehead atoms. The third kappa shape index (κ3) is 10.7. The van der Waals surface area contributed by atoms with Crippen LogP contribution in [0.3, 0.4) is 0 Å². The average molecular weight is 725 g/mol. The molecule has 4 aliphatic rings. The third-order valence-electron chi connectivity index (χ3n) is 11.1. The zero-order valence-electron chi connectivity index (χ0n) is 30.8. The summed E-state index contributed by atoms with van der Waals surface area (Å²) < 4.78 is 12.6. The highest BCUT2D eigenvalue weighted by molar-refractivity contribution is 6.08. The van der Waals surface area contributed by atoms with Gasteiger partial charge in [0.15, 0.2) is 0 Å². The van der Waals surface area contributed by atoms with Gasteiger partial charge >= 0.3 is 0 Å². The number of pyridine rings is 2. The summed E-state index contributed by atoms with van der Waals surface area (Å²) in [5.41, 5.74) is 0.699. The van der Waals surface area contributed by atoms with Crippen molar-refractivity contribution in [3.63, 3.8) is 0 Å². The first-order chi connectivity index (χ1) is 25.6. The molecule has 12 nitrogen and oxygen atoms in total. The van der Waals surface area contributed by atoms with Gasteiger partial charge in [0.25, 0.3) is 11.8 Å². The van der Waals surface area contributed by atoms with Gasteiger partial charge in [-0.15, -0.1) is 0 Å². The topological polar surface area (TPSA) is 161 Å². The smallest absolute Gasteiger partial charge is 0.256 e. The minimum Gasteiger partial charge on any atom is -0.378 e. The molecule has 2 aliphatic carbocycles. The summed E-state index contributed by atoms with van der Waals surface area (Å²) in [5.74, 6) is 1.11. The van der Waals surface area contributed by atoms with E-state index < -0.39 is 11.8 Å². The maximum atomic E-state index is 13.1. The van der Waals surface area contributed by atoms with Crippen LogP contribution in [-0.2, 0) is 19.1 Å². The molecular formula is C41H52N6O6. The van der Waals surface area contributed by atoms with Crippen molar-refractivity contribution in [1.29, 1.82) is 0 Å². The van der Waals surface area contributed by atoms with Gasteiger partial charge in [-0.05, 0) is 118 Å².